The number of hydrogen-bond acceptors (Lipinski definition) is 3. The van der Waals surface area contributed by atoms with Gasteiger partial charge in [0.05, 0.1) is 12.2 Å². The summed E-state index contributed by atoms with van der Waals surface area (Å²) >= 11 is 0. The van der Waals surface area contributed by atoms with E-state index in [0.717, 1.165) is 35.5 Å². The van der Waals surface area contributed by atoms with Crippen LogP contribution in [0.1, 0.15) is 61.0 Å². The van der Waals surface area contributed by atoms with Crippen LogP contribution >= 0.6 is 0 Å². The summed E-state index contributed by atoms with van der Waals surface area (Å²) in [6.07, 6.45) is 5.21. The number of hydrogen-bond donors (Lipinski definition) is 0. The zero-order chi connectivity index (χ0) is 17.6. The van der Waals surface area contributed by atoms with Crippen molar-refractivity contribution in [2.45, 2.75) is 46.0 Å². The second-order valence-electron chi connectivity index (χ2n) is 6.68. The van der Waals surface area contributed by atoms with Crippen LogP contribution in [0.3, 0.4) is 0 Å². The standard InChI is InChI=1S/C22H26O3.Na/c1-3-5-9-16(4-2)15-24-22(23)18-11-8-13-21-19(18)14-17-10-6-7-12-20(17)25-21;/h6-8,10-13,16H,3-5,9,14-15H2,1-2H3;. The fourth-order valence-corrected chi connectivity index (χ4v) is 3.26. The van der Waals surface area contributed by atoms with Crippen molar-refractivity contribution in [2.24, 2.45) is 5.92 Å². The minimum absolute atomic E-state index is 0. The number of fused-ring (bicyclic) bond motifs is 2. The molecule has 0 aliphatic carbocycles. The molecule has 0 aromatic heterocycles. The molecule has 0 fully saturated rings. The summed E-state index contributed by atoms with van der Waals surface area (Å²) in [5.41, 5.74) is 2.65. The zero-order valence-corrected chi connectivity index (χ0v) is 18.1. The molecule has 2 aromatic carbocycles. The summed E-state index contributed by atoms with van der Waals surface area (Å²) < 4.78 is 11.6. The largest absolute Gasteiger partial charge is 0.462 e. The molecular weight excluding hydrogens is 335 g/mol. The van der Waals surface area contributed by atoms with E-state index in [1.807, 2.05) is 42.5 Å². The zero-order valence-electron chi connectivity index (χ0n) is 16.1. The molecule has 1 atom stereocenters. The second-order valence-corrected chi connectivity index (χ2v) is 6.68. The molecule has 0 bridgehead atoms. The van der Waals surface area contributed by atoms with Gasteiger partial charge in [-0.1, -0.05) is 57.4 Å². The average molecular weight is 361 g/mol. The number of esters is 1. The maximum atomic E-state index is 12.6. The molecule has 3 nitrogen and oxygen atoms in total. The normalized spacial score (nSPS) is 12.8. The first-order valence-electron chi connectivity index (χ1n) is 9.27. The van der Waals surface area contributed by atoms with Crippen molar-refractivity contribution in [2.75, 3.05) is 6.61 Å². The Morgan fingerprint density at radius 3 is 2.65 bits per heavy atom. The fraction of sp³-hybridized carbons (Fsp3) is 0.409. The average Bonchev–Trinajstić information content (AvgIpc) is 2.65. The second kappa shape index (κ2) is 10.1. The van der Waals surface area contributed by atoms with Gasteiger partial charge < -0.3 is 9.47 Å². The molecule has 0 spiro atoms. The molecule has 26 heavy (non-hydrogen) atoms. The topological polar surface area (TPSA) is 35.5 Å². The number of unbranched alkanes of at least 4 members (excludes halogenated alkanes) is 1. The summed E-state index contributed by atoms with van der Waals surface area (Å²) in [6.45, 7) is 4.84. The Kier molecular flexibility index (Phi) is 8.20. The molecule has 0 saturated heterocycles. The van der Waals surface area contributed by atoms with Crippen molar-refractivity contribution in [1.29, 1.82) is 0 Å². The minimum atomic E-state index is -0.241. The van der Waals surface area contributed by atoms with E-state index in [2.05, 4.69) is 13.8 Å². The predicted octanol–water partition coefficient (Wildman–Crippen LogP) is 5.38. The monoisotopic (exact) mass is 361 g/mol. The minimum Gasteiger partial charge on any atom is -0.462 e. The van der Waals surface area contributed by atoms with Crippen molar-refractivity contribution in [3.8, 4) is 11.5 Å². The molecule has 0 N–H and O–H groups in total. The first kappa shape index (κ1) is 21.0. The fourth-order valence-electron chi connectivity index (χ4n) is 3.26. The van der Waals surface area contributed by atoms with Gasteiger partial charge in [-0.3, -0.25) is 0 Å². The smallest absolute Gasteiger partial charge is 0.338 e. The van der Waals surface area contributed by atoms with Gasteiger partial charge in [-0.2, -0.15) is 0 Å². The van der Waals surface area contributed by atoms with E-state index >= 15 is 0 Å². The molecule has 1 radical (unpaired) electrons. The molecule has 2 aromatic rings. The van der Waals surface area contributed by atoms with Crippen LogP contribution < -0.4 is 4.74 Å². The van der Waals surface area contributed by atoms with E-state index in [9.17, 15) is 4.79 Å². The van der Waals surface area contributed by atoms with Crippen LogP contribution in [0.5, 0.6) is 11.5 Å². The van der Waals surface area contributed by atoms with Crippen LogP contribution in [0.15, 0.2) is 42.5 Å². The Balaban J connectivity index is 0.00000243. The van der Waals surface area contributed by atoms with Gasteiger partial charge in [-0.15, -0.1) is 0 Å². The van der Waals surface area contributed by atoms with Crippen LogP contribution in [0.25, 0.3) is 0 Å². The third kappa shape index (κ3) is 4.91. The van der Waals surface area contributed by atoms with Gasteiger partial charge in [0, 0.05) is 41.5 Å². The summed E-state index contributed by atoms with van der Waals surface area (Å²) in [5, 5.41) is 0. The summed E-state index contributed by atoms with van der Waals surface area (Å²) in [4.78, 5) is 12.6. The SMILES string of the molecule is CCCCC(CC)COC(=O)c1cccc2c1Cc1ccccc1O2.[Na]. The predicted molar refractivity (Wildman–Crippen MR) is 105 cm³/mol. The maximum Gasteiger partial charge on any atom is 0.338 e. The number of rotatable bonds is 7. The third-order valence-corrected chi connectivity index (χ3v) is 4.91. The number of benzene rings is 2. The maximum absolute atomic E-state index is 12.6. The molecule has 3 rings (SSSR count). The number of carbonyl (C=O) groups excluding carboxylic acids is 1. The molecule has 1 aliphatic heterocycles. The summed E-state index contributed by atoms with van der Waals surface area (Å²) in [6, 6.07) is 13.6. The van der Waals surface area contributed by atoms with Gasteiger partial charge in [0.1, 0.15) is 11.5 Å². The Hall–Kier alpha value is -1.29. The Morgan fingerprint density at radius 1 is 1.12 bits per heavy atom. The first-order chi connectivity index (χ1) is 12.2. The Morgan fingerprint density at radius 2 is 1.88 bits per heavy atom. The summed E-state index contributed by atoms with van der Waals surface area (Å²) in [7, 11) is 0. The van der Waals surface area contributed by atoms with Gasteiger partial charge in [-0.05, 0) is 36.1 Å². The van der Waals surface area contributed by atoms with Gasteiger partial charge in [0.25, 0.3) is 0 Å². The van der Waals surface area contributed by atoms with Crippen molar-refractivity contribution in [3.63, 3.8) is 0 Å². The molecule has 0 saturated carbocycles. The third-order valence-electron chi connectivity index (χ3n) is 4.91. The molecule has 1 unspecified atom stereocenters. The first-order valence-corrected chi connectivity index (χ1v) is 9.27. The van der Waals surface area contributed by atoms with E-state index in [0.29, 0.717) is 24.5 Å². The molecular formula is C22H26NaO3. The van der Waals surface area contributed by atoms with Crippen molar-refractivity contribution >= 4 is 35.5 Å². The number of carbonyl (C=O) groups is 1. The van der Waals surface area contributed by atoms with Gasteiger partial charge in [0.15, 0.2) is 0 Å². The van der Waals surface area contributed by atoms with E-state index in [1.54, 1.807) is 0 Å². The quantitative estimate of drug-likeness (QED) is 0.419. The Labute approximate surface area is 178 Å². The van der Waals surface area contributed by atoms with Crippen LogP contribution in [0.2, 0.25) is 0 Å². The van der Waals surface area contributed by atoms with Crippen LogP contribution in [0, 0.1) is 5.92 Å². The van der Waals surface area contributed by atoms with E-state index in [1.165, 1.54) is 12.8 Å². The van der Waals surface area contributed by atoms with Gasteiger partial charge >= 0.3 is 5.97 Å². The van der Waals surface area contributed by atoms with Crippen molar-refractivity contribution in [3.05, 3.63) is 59.2 Å². The summed E-state index contributed by atoms with van der Waals surface area (Å²) in [5.74, 6) is 1.83. The van der Waals surface area contributed by atoms with E-state index < -0.39 is 0 Å². The van der Waals surface area contributed by atoms with Gasteiger partial charge in [-0.25, -0.2) is 4.79 Å². The van der Waals surface area contributed by atoms with Crippen molar-refractivity contribution < 1.29 is 14.3 Å². The van der Waals surface area contributed by atoms with Crippen LogP contribution in [-0.2, 0) is 11.2 Å². The van der Waals surface area contributed by atoms with Crippen LogP contribution in [0.4, 0.5) is 0 Å². The number of para-hydroxylation sites is 1. The number of ether oxygens (including phenoxy) is 2. The van der Waals surface area contributed by atoms with E-state index in [-0.39, 0.29) is 35.5 Å². The molecule has 0 amide bonds. The van der Waals surface area contributed by atoms with Gasteiger partial charge in [0.2, 0.25) is 0 Å². The molecule has 1 aliphatic rings. The molecule has 133 valence electrons. The van der Waals surface area contributed by atoms with Crippen molar-refractivity contribution in [1.82, 2.24) is 0 Å². The van der Waals surface area contributed by atoms with Crippen LogP contribution in [-0.4, -0.2) is 42.1 Å². The van der Waals surface area contributed by atoms with E-state index in [4.69, 9.17) is 9.47 Å². The molecule has 4 heteroatoms. The Bertz CT molecular complexity index is 742. The molecule has 1 heterocycles.